The van der Waals surface area contributed by atoms with Crippen molar-refractivity contribution in [2.24, 2.45) is 0 Å². The van der Waals surface area contributed by atoms with Gasteiger partial charge in [-0.3, -0.25) is 9.97 Å². The Hall–Kier alpha value is -2.58. The first-order valence-electron chi connectivity index (χ1n) is 7.89. The van der Waals surface area contributed by atoms with Crippen LogP contribution in [0.4, 0.5) is 0 Å². The van der Waals surface area contributed by atoms with Gasteiger partial charge in [-0.1, -0.05) is 0 Å². The fraction of sp³-hybridized carbons (Fsp3) is 0.158. The maximum atomic E-state index is 12.8. The van der Waals surface area contributed by atoms with E-state index in [2.05, 4.69) is 25.9 Å². The maximum absolute atomic E-state index is 12.8. The van der Waals surface area contributed by atoms with E-state index in [1.807, 2.05) is 19.9 Å². The predicted molar refractivity (Wildman–Crippen MR) is 109 cm³/mol. The second-order valence-electron chi connectivity index (χ2n) is 5.66. The standard InChI is InChI=1S/C19H15BrN2O4S/c1-10-7-13(20)17(22-11(10)2)16-15(26-19(27)24-3)8-14(25-18(16)23)12-5-4-6-21-9-12/h4-9H,1-3H3. The molecule has 0 spiro atoms. The Kier molecular flexibility index (Phi) is 5.67. The van der Waals surface area contributed by atoms with Gasteiger partial charge in [0, 0.05) is 46.4 Å². The molecular weight excluding hydrogens is 432 g/mol. The van der Waals surface area contributed by atoms with Crippen molar-refractivity contribution in [1.82, 2.24) is 9.97 Å². The number of aryl methyl sites for hydroxylation is 2. The van der Waals surface area contributed by atoms with Gasteiger partial charge in [0.2, 0.25) is 0 Å². The molecule has 3 rings (SSSR count). The first kappa shape index (κ1) is 19.2. The number of ether oxygens (including phenoxy) is 2. The van der Waals surface area contributed by atoms with Crippen molar-refractivity contribution in [1.29, 1.82) is 0 Å². The van der Waals surface area contributed by atoms with Crippen LogP contribution in [-0.2, 0) is 4.74 Å². The molecule has 3 heterocycles. The van der Waals surface area contributed by atoms with Crippen molar-refractivity contribution in [3.05, 3.63) is 62.8 Å². The van der Waals surface area contributed by atoms with Crippen LogP contribution in [0.3, 0.4) is 0 Å². The molecule has 0 bridgehead atoms. The fourth-order valence-corrected chi connectivity index (χ4v) is 3.12. The van der Waals surface area contributed by atoms with Gasteiger partial charge in [0.15, 0.2) is 5.75 Å². The SMILES string of the molecule is COC(=S)Oc1cc(-c2cccnc2)oc(=O)c1-c1nc(C)c(C)cc1Br. The first-order valence-corrected chi connectivity index (χ1v) is 9.09. The molecule has 0 aliphatic carbocycles. The lowest BCUT2D eigenvalue weighted by Gasteiger charge is -2.13. The molecule has 138 valence electrons. The fourth-order valence-electron chi connectivity index (χ4n) is 2.40. The Bertz CT molecular complexity index is 1070. The molecule has 0 unspecified atom stereocenters. The summed E-state index contributed by atoms with van der Waals surface area (Å²) >= 11 is 8.47. The number of hydrogen-bond acceptors (Lipinski definition) is 7. The van der Waals surface area contributed by atoms with E-state index in [9.17, 15) is 4.79 Å². The molecule has 0 fully saturated rings. The third kappa shape index (κ3) is 4.06. The van der Waals surface area contributed by atoms with Crippen molar-refractivity contribution in [2.45, 2.75) is 13.8 Å². The summed E-state index contributed by atoms with van der Waals surface area (Å²) in [6, 6.07) is 6.96. The lowest BCUT2D eigenvalue weighted by molar-refractivity contribution is 0.314. The van der Waals surface area contributed by atoms with Crippen molar-refractivity contribution in [2.75, 3.05) is 7.11 Å². The Labute approximate surface area is 169 Å². The Morgan fingerprint density at radius 2 is 2.07 bits per heavy atom. The third-order valence-electron chi connectivity index (χ3n) is 3.88. The molecule has 3 aromatic rings. The predicted octanol–water partition coefficient (Wildman–Crippen LogP) is 4.45. The van der Waals surface area contributed by atoms with Gasteiger partial charge in [-0.2, -0.15) is 0 Å². The van der Waals surface area contributed by atoms with Crippen LogP contribution in [0.5, 0.6) is 5.75 Å². The molecule has 0 aliphatic rings. The van der Waals surface area contributed by atoms with Crippen LogP contribution in [0, 0.1) is 13.8 Å². The summed E-state index contributed by atoms with van der Waals surface area (Å²) in [6.45, 7) is 3.79. The highest BCUT2D eigenvalue weighted by atomic mass is 79.9. The molecule has 3 aromatic heterocycles. The van der Waals surface area contributed by atoms with Crippen molar-refractivity contribution >= 4 is 33.4 Å². The molecule has 0 amide bonds. The summed E-state index contributed by atoms with van der Waals surface area (Å²) in [7, 11) is 1.39. The van der Waals surface area contributed by atoms with Gasteiger partial charge in [-0.15, -0.1) is 0 Å². The second kappa shape index (κ2) is 7.98. The average Bonchev–Trinajstić information content (AvgIpc) is 2.65. The van der Waals surface area contributed by atoms with Crippen LogP contribution in [0.2, 0.25) is 0 Å². The van der Waals surface area contributed by atoms with Crippen LogP contribution in [0.25, 0.3) is 22.6 Å². The topological polar surface area (TPSA) is 74.5 Å². The summed E-state index contributed by atoms with van der Waals surface area (Å²) in [5.41, 5.74) is 2.33. The number of pyridine rings is 2. The minimum absolute atomic E-state index is 0.126. The highest BCUT2D eigenvalue weighted by Crippen LogP contribution is 2.35. The summed E-state index contributed by atoms with van der Waals surface area (Å²) in [5, 5.41) is -0.126. The zero-order valence-electron chi connectivity index (χ0n) is 14.8. The molecule has 0 N–H and O–H groups in total. The van der Waals surface area contributed by atoms with Crippen LogP contribution in [-0.4, -0.2) is 22.3 Å². The first-order chi connectivity index (χ1) is 12.9. The number of nitrogens with zero attached hydrogens (tertiary/aromatic N) is 2. The van der Waals surface area contributed by atoms with Gasteiger partial charge in [0.1, 0.15) is 11.3 Å². The zero-order valence-corrected chi connectivity index (χ0v) is 17.2. The van der Waals surface area contributed by atoms with Crippen LogP contribution >= 0.6 is 28.1 Å². The molecule has 6 nitrogen and oxygen atoms in total. The van der Waals surface area contributed by atoms with E-state index in [1.165, 1.54) is 7.11 Å². The van der Waals surface area contributed by atoms with Crippen LogP contribution in [0.1, 0.15) is 11.3 Å². The van der Waals surface area contributed by atoms with E-state index in [0.29, 0.717) is 21.5 Å². The summed E-state index contributed by atoms with van der Waals surface area (Å²) < 4.78 is 16.7. The summed E-state index contributed by atoms with van der Waals surface area (Å²) in [4.78, 5) is 21.4. The number of hydrogen-bond donors (Lipinski definition) is 0. The van der Waals surface area contributed by atoms with E-state index >= 15 is 0 Å². The Morgan fingerprint density at radius 3 is 2.74 bits per heavy atom. The Morgan fingerprint density at radius 1 is 1.30 bits per heavy atom. The monoisotopic (exact) mass is 446 g/mol. The van der Waals surface area contributed by atoms with Crippen molar-refractivity contribution < 1.29 is 13.9 Å². The number of thiocarbonyl (C=S) groups is 1. The van der Waals surface area contributed by atoms with Gasteiger partial charge >= 0.3 is 10.9 Å². The van der Waals surface area contributed by atoms with E-state index < -0.39 is 5.63 Å². The molecule has 8 heteroatoms. The van der Waals surface area contributed by atoms with Gasteiger partial charge in [-0.25, -0.2) is 4.79 Å². The van der Waals surface area contributed by atoms with Gasteiger partial charge in [-0.05, 0) is 53.5 Å². The van der Waals surface area contributed by atoms with E-state index in [1.54, 1.807) is 30.6 Å². The molecular formula is C19H15BrN2O4S. The highest BCUT2D eigenvalue weighted by molar-refractivity contribution is 9.10. The third-order valence-corrected chi connectivity index (χ3v) is 4.73. The summed E-state index contributed by atoms with van der Waals surface area (Å²) in [6.07, 6.45) is 3.21. The van der Waals surface area contributed by atoms with Crippen molar-refractivity contribution in [3.63, 3.8) is 0 Å². The summed E-state index contributed by atoms with van der Waals surface area (Å²) in [5.74, 6) is 0.485. The van der Waals surface area contributed by atoms with Gasteiger partial charge in [0.05, 0.1) is 12.8 Å². The smallest absolute Gasteiger partial charge is 0.357 e. The van der Waals surface area contributed by atoms with Crippen molar-refractivity contribution in [3.8, 4) is 28.3 Å². The quantitative estimate of drug-likeness (QED) is 0.549. The molecule has 27 heavy (non-hydrogen) atoms. The molecule has 0 saturated carbocycles. The largest absolute Gasteiger partial charge is 0.460 e. The number of methoxy groups -OCH3 is 1. The average molecular weight is 447 g/mol. The molecule has 0 radical (unpaired) electrons. The molecule has 0 atom stereocenters. The van der Waals surface area contributed by atoms with Gasteiger partial charge in [0.25, 0.3) is 0 Å². The molecule has 0 aliphatic heterocycles. The minimum atomic E-state index is -0.610. The Balaban J connectivity index is 2.26. The lowest BCUT2D eigenvalue weighted by atomic mass is 10.1. The number of halogens is 1. The minimum Gasteiger partial charge on any atom is -0.460 e. The zero-order chi connectivity index (χ0) is 19.6. The highest BCUT2D eigenvalue weighted by Gasteiger charge is 2.22. The number of rotatable bonds is 3. The van der Waals surface area contributed by atoms with E-state index in [0.717, 1.165) is 11.3 Å². The van der Waals surface area contributed by atoms with Crippen LogP contribution < -0.4 is 10.4 Å². The van der Waals surface area contributed by atoms with Gasteiger partial charge < -0.3 is 13.9 Å². The second-order valence-corrected chi connectivity index (χ2v) is 6.84. The molecule has 0 saturated heterocycles. The van der Waals surface area contributed by atoms with Crippen LogP contribution in [0.15, 0.2) is 50.3 Å². The lowest BCUT2D eigenvalue weighted by Crippen LogP contribution is -2.13. The molecule has 0 aromatic carbocycles. The number of aromatic nitrogens is 2. The van der Waals surface area contributed by atoms with E-state index in [4.69, 9.17) is 26.1 Å². The maximum Gasteiger partial charge on any atom is 0.357 e. The normalized spacial score (nSPS) is 10.5. The van der Waals surface area contributed by atoms with E-state index in [-0.39, 0.29) is 16.5 Å².